The summed E-state index contributed by atoms with van der Waals surface area (Å²) in [5.41, 5.74) is 0.257. The van der Waals surface area contributed by atoms with E-state index in [2.05, 4.69) is 42.5 Å². The maximum absolute atomic E-state index is 14.3. The van der Waals surface area contributed by atoms with Crippen LogP contribution in [0.2, 0.25) is 0 Å². The van der Waals surface area contributed by atoms with Crippen LogP contribution in [0.15, 0.2) is 60.7 Å². The molecule has 2 saturated carbocycles. The highest BCUT2D eigenvalue weighted by Gasteiger charge is 2.50. The molecule has 9 atom stereocenters. The van der Waals surface area contributed by atoms with E-state index in [0.29, 0.717) is 24.0 Å². The Morgan fingerprint density at radius 1 is 0.491 bits per heavy atom. The number of Topliss-reactive ketones (excluding diaryl/α,β-unsaturated/α-hetero) is 1. The molecule has 2 aromatic carbocycles. The van der Waals surface area contributed by atoms with Gasteiger partial charge in [-0.05, 0) is 109 Å². The van der Waals surface area contributed by atoms with Crippen LogP contribution in [0, 0.1) is 46.3 Å². The van der Waals surface area contributed by atoms with Crippen molar-refractivity contribution >= 4 is 77.0 Å². The number of ether oxygens (including phenoxy) is 2. The molecule has 2 saturated heterocycles. The Kier molecular flexibility index (Phi) is 34.4. The molecule has 4 aliphatic rings. The van der Waals surface area contributed by atoms with Crippen molar-refractivity contribution in [3.8, 4) is 0 Å². The topological polar surface area (TPSA) is 370 Å². The lowest BCUT2D eigenvalue weighted by Gasteiger charge is -2.35. The fraction of sp³-hybridized carbons (Fsp3) is 0.679. The van der Waals surface area contributed by atoms with Crippen molar-refractivity contribution in [1.82, 2.24) is 62.1 Å². The van der Waals surface area contributed by atoms with Crippen LogP contribution in [0.1, 0.15) is 196 Å². The number of hydrogen-bond donors (Lipinski definition) is 9. The van der Waals surface area contributed by atoms with Crippen molar-refractivity contribution in [1.29, 1.82) is 0 Å². The summed E-state index contributed by atoms with van der Waals surface area (Å²) in [6, 6.07) is 9.53. The molecule has 1 unspecified atom stereocenters. The number of benzene rings is 2. The molecule has 28 heteroatoms. The van der Waals surface area contributed by atoms with Crippen molar-refractivity contribution < 1.29 is 76.9 Å². The number of carbonyl (C=O) groups is 13. The minimum atomic E-state index is -1.71. The van der Waals surface area contributed by atoms with E-state index in [1.165, 1.54) is 19.6 Å². The van der Waals surface area contributed by atoms with Crippen molar-refractivity contribution in [2.24, 2.45) is 46.3 Å². The summed E-state index contributed by atoms with van der Waals surface area (Å²) >= 11 is 0. The number of aliphatic hydroxyl groups excluding tert-OH is 1. The molecule has 106 heavy (non-hydrogen) atoms. The maximum atomic E-state index is 14.3. The van der Waals surface area contributed by atoms with Gasteiger partial charge in [0.05, 0.1) is 38.4 Å². The molecule has 2 heterocycles. The summed E-state index contributed by atoms with van der Waals surface area (Å²) in [4.78, 5) is 179. The van der Waals surface area contributed by atoms with Gasteiger partial charge in [0.25, 0.3) is 11.8 Å². The third-order valence-corrected chi connectivity index (χ3v) is 19.4. The van der Waals surface area contributed by atoms with Crippen LogP contribution in [0.25, 0.3) is 0 Å². The number of carbonyl (C=O) groups excluding carboxylic acids is 13. The number of likely N-dealkylation sites (tertiary alicyclic amines) is 2. The van der Waals surface area contributed by atoms with Crippen LogP contribution < -0.4 is 42.5 Å². The minimum Gasteiger partial charge on any atom is -0.449 e. The maximum Gasteiger partial charge on any atom is 0.407 e. The molecule has 4 fully saturated rings. The third kappa shape index (κ3) is 27.6. The van der Waals surface area contributed by atoms with Crippen LogP contribution in [0.5, 0.6) is 0 Å². The molecule has 0 radical (unpaired) electrons. The average molecular weight is 1480 g/mol. The van der Waals surface area contributed by atoms with Gasteiger partial charge in [0, 0.05) is 41.3 Å². The van der Waals surface area contributed by atoms with Gasteiger partial charge in [-0.3, -0.25) is 52.7 Å². The standard InChI is InChI=1S/C39H62N6O8.C39H60N6O8/c2*1-24(2)19-28(33(47)35(49)40-21-30(46)42-31(36(50)44(7)8)26-15-11-9-12-16-26)41-34(48)29-20-39(5,6)23-45(29)37(51)32(27-17-13-10-14-18-27)43-38(52)53-22-25(3)4/h9,11-12,15-16,24-25,27-29,31-33,47H,10,13-14,17-23H2,1-8H3,(H,40,49)(H,41,48)(H,42,46)(H,43,52);9,11-12,15-16,24-25,27-29,31-32H,10,13-14,17-23H2,1-8H3,(H,40,49)(H,41,48)(H,42,46)(H,43,52)/t28-,29-,31-,32-,33?;28-,29-,31-,32-/m00/s1. The fourth-order valence-electron chi connectivity index (χ4n) is 14.0. The van der Waals surface area contributed by atoms with Gasteiger partial charge in [-0.15, -0.1) is 0 Å². The van der Waals surface area contributed by atoms with Crippen molar-refractivity contribution in [2.75, 3.05) is 67.6 Å². The number of ketones is 1. The minimum absolute atomic E-state index is 0.0378. The lowest BCUT2D eigenvalue weighted by atomic mass is 9.83. The molecule has 28 nitrogen and oxygen atoms in total. The van der Waals surface area contributed by atoms with E-state index in [1.807, 2.05) is 83.1 Å². The Bertz CT molecular complexity index is 3300. The molecule has 9 N–H and O–H groups in total. The van der Waals surface area contributed by atoms with Crippen molar-refractivity contribution in [3.63, 3.8) is 0 Å². The Morgan fingerprint density at radius 3 is 1.24 bits per heavy atom. The number of amides is 12. The SMILES string of the molecule is CC(C)COC(=O)N[C@H](C(=O)N1CC(C)(C)C[C@H]1C(=O)N[C@@H](CC(C)C)C(=O)C(=O)NCC(=O)N[C@H](C(=O)N(C)C)c1ccccc1)C1CCCCC1.CC(C)COC(=O)N[C@H](C(=O)N1CC(C)(C)C[C@H]1C(=O)N[C@@H](CC(C)C)C(O)C(=O)NCC(=O)N[C@H](C(=O)N(C)C)c1ccccc1)C1CCCCC1. The van der Waals surface area contributed by atoms with E-state index >= 15 is 0 Å². The van der Waals surface area contributed by atoms with E-state index < -0.39 is 132 Å². The Morgan fingerprint density at radius 2 is 0.868 bits per heavy atom. The van der Waals surface area contributed by atoms with Crippen molar-refractivity contribution in [2.45, 2.75) is 227 Å². The summed E-state index contributed by atoms with van der Waals surface area (Å²) in [6.07, 6.45) is 6.84. The molecular weight excluding hydrogens is 1360 g/mol. The van der Waals surface area contributed by atoms with Crippen LogP contribution in [-0.4, -0.2) is 212 Å². The van der Waals surface area contributed by atoms with Crippen molar-refractivity contribution in [3.05, 3.63) is 71.8 Å². The largest absolute Gasteiger partial charge is 0.449 e. The number of likely N-dealkylation sites (N-methyl/N-ethyl adjacent to an activating group) is 2. The van der Waals surface area contributed by atoms with Gasteiger partial charge in [-0.1, -0.05) is 182 Å². The molecule has 2 aliphatic carbocycles. The normalized spacial score (nSPS) is 19.1. The summed E-state index contributed by atoms with van der Waals surface area (Å²) < 4.78 is 10.7. The second-order valence-corrected chi connectivity index (χ2v) is 32.7. The van der Waals surface area contributed by atoms with Crippen LogP contribution >= 0.6 is 0 Å². The summed E-state index contributed by atoms with van der Waals surface area (Å²) in [7, 11) is 6.27. The first-order valence-corrected chi connectivity index (χ1v) is 37.8. The number of nitrogens with one attached hydrogen (secondary N) is 8. The number of hydrogen-bond acceptors (Lipinski definition) is 16. The molecule has 0 bridgehead atoms. The molecule has 2 aromatic rings. The van der Waals surface area contributed by atoms with E-state index in [9.17, 15) is 67.4 Å². The zero-order valence-electron chi connectivity index (χ0n) is 65.4. The zero-order chi connectivity index (χ0) is 78.9. The first-order valence-electron chi connectivity index (χ1n) is 37.8. The smallest absolute Gasteiger partial charge is 0.407 e. The van der Waals surface area contributed by atoms with Crippen LogP contribution in [0.4, 0.5) is 9.59 Å². The van der Waals surface area contributed by atoms with E-state index in [-0.39, 0.29) is 98.3 Å². The number of rotatable bonds is 32. The van der Waals surface area contributed by atoms with Gasteiger partial charge in [0.1, 0.15) is 36.3 Å². The van der Waals surface area contributed by atoms with E-state index in [0.717, 1.165) is 64.2 Å². The predicted octanol–water partition coefficient (Wildman–Crippen LogP) is 6.00. The molecule has 0 spiro atoms. The predicted molar refractivity (Wildman–Crippen MR) is 399 cm³/mol. The highest BCUT2D eigenvalue weighted by Crippen LogP contribution is 2.39. The van der Waals surface area contributed by atoms with E-state index in [1.54, 1.807) is 88.9 Å². The first-order chi connectivity index (χ1) is 49.8. The molecule has 2 aliphatic heterocycles. The van der Waals surface area contributed by atoms with Gasteiger partial charge in [0.15, 0.2) is 6.10 Å². The summed E-state index contributed by atoms with van der Waals surface area (Å²) in [5, 5.41) is 32.5. The highest BCUT2D eigenvalue weighted by atomic mass is 16.6. The summed E-state index contributed by atoms with van der Waals surface area (Å²) in [6.45, 7) is 22.8. The summed E-state index contributed by atoms with van der Waals surface area (Å²) in [5.74, 6) is -6.87. The Hall–Kier alpha value is -8.69. The lowest BCUT2D eigenvalue weighted by Crippen LogP contribution is -2.59. The first kappa shape index (κ1) is 87.9. The van der Waals surface area contributed by atoms with Gasteiger partial charge in [0.2, 0.25) is 53.0 Å². The number of aliphatic hydroxyl groups is 1. The molecule has 0 aromatic heterocycles. The van der Waals surface area contributed by atoms with Gasteiger partial charge in [-0.25, -0.2) is 9.59 Å². The van der Waals surface area contributed by atoms with Gasteiger partial charge < -0.3 is 76.7 Å². The lowest BCUT2D eigenvalue weighted by molar-refractivity contribution is -0.143. The van der Waals surface area contributed by atoms with Gasteiger partial charge in [-0.2, -0.15) is 0 Å². The van der Waals surface area contributed by atoms with Gasteiger partial charge >= 0.3 is 12.2 Å². The molecular formula is C78H122N12O16. The molecule has 6 rings (SSSR count). The average Bonchev–Trinajstić information content (AvgIpc) is 1.64. The zero-order valence-corrected chi connectivity index (χ0v) is 65.4. The molecule has 12 amide bonds. The Labute approximate surface area is 626 Å². The van der Waals surface area contributed by atoms with Crippen LogP contribution in [-0.2, 0) is 62.2 Å². The number of alkyl carbamates (subject to hydrolysis) is 2. The monoisotopic (exact) mass is 1480 g/mol. The second kappa shape index (κ2) is 41.4. The second-order valence-electron chi connectivity index (χ2n) is 32.7. The third-order valence-electron chi connectivity index (χ3n) is 19.4. The van der Waals surface area contributed by atoms with Crippen LogP contribution in [0.3, 0.4) is 0 Å². The fourth-order valence-corrected chi connectivity index (χ4v) is 14.0. The molecule has 590 valence electrons. The highest BCUT2D eigenvalue weighted by molar-refractivity contribution is 6.38. The number of nitrogens with zero attached hydrogens (tertiary/aromatic N) is 4. The Balaban J connectivity index is 0.000000381. The van der Waals surface area contributed by atoms with E-state index in [4.69, 9.17) is 9.47 Å². The quantitative estimate of drug-likeness (QED) is 0.0379.